The predicted molar refractivity (Wildman–Crippen MR) is 56.6 cm³/mol. The van der Waals surface area contributed by atoms with E-state index >= 15 is 0 Å². The largest absolute Gasteiger partial charge is 0.409 e. The van der Waals surface area contributed by atoms with E-state index in [2.05, 4.69) is 24.0 Å². The van der Waals surface area contributed by atoms with Gasteiger partial charge in [-0.25, -0.2) is 5.10 Å². The lowest BCUT2D eigenvalue weighted by molar-refractivity contribution is 0.552. The van der Waals surface area contributed by atoms with Gasteiger partial charge in [-0.15, -0.1) is 5.10 Å². The van der Waals surface area contributed by atoms with Crippen molar-refractivity contribution in [1.29, 1.82) is 0 Å². The molecule has 1 aromatic heterocycles. The zero-order chi connectivity index (χ0) is 10.1. The summed E-state index contributed by atoms with van der Waals surface area (Å²) in [6.07, 6.45) is 0. The van der Waals surface area contributed by atoms with E-state index in [9.17, 15) is 0 Å². The number of rotatable bonds is 1. The van der Waals surface area contributed by atoms with E-state index in [1.165, 1.54) is 11.1 Å². The van der Waals surface area contributed by atoms with E-state index in [1.807, 2.05) is 18.2 Å². The molecule has 1 aromatic carbocycles. The zero-order valence-electron chi connectivity index (χ0n) is 8.00. The van der Waals surface area contributed by atoms with Crippen LogP contribution in [0.15, 0.2) is 22.6 Å². The maximum atomic E-state index is 5.21. The van der Waals surface area contributed by atoms with Crippen molar-refractivity contribution in [1.82, 2.24) is 10.2 Å². The predicted octanol–water partition coefficient (Wildman–Crippen LogP) is 3.02. The van der Waals surface area contributed by atoms with E-state index in [-0.39, 0.29) is 0 Å². The molecule has 0 aliphatic rings. The molecule has 14 heavy (non-hydrogen) atoms. The summed E-state index contributed by atoms with van der Waals surface area (Å²) >= 11 is 4.81. The van der Waals surface area contributed by atoms with Crippen molar-refractivity contribution in [3.8, 4) is 11.5 Å². The topological polar surface area (TPSA) is 41.8 Å². The smallest absolute Gasteiger partial charge is 0.284 e. The molecule has 0 unspecified atom stereocenters. The highest BCUT2D eigenvalue weighted by Crippen LogP contribution is 2.19. The van der Waals surface area contributed by atoms with Crippen LogP contribution < -0.4 is 0 Å². The lowest BCUT2D eigenvalue weighted by Crippen LogP contribution is -1.83. The third kappa shape index (κ3) is 1.61. The van der Waals surface area contributed by atoms with Crippen molar-refractivity contribution < 1.29 is 4.42 Å². The number of hydrogen-bond donors (Lipinski definition) is 1. The second kappa shape index (κ2) is 3.38. The Balaban J connectivity index is 2.52. The van der Waals surface area contributed by atoms with Crippen molar-refractivity contribution >= 4 is 12.2 Å². The van der Waals surface area contributed by atoms with Crippen molar-refractivity contribution in [2.45, 2.75) is 13.8 Å². The van der Waals surface area contributed by atoms with Crippen LogP contribution in [0.1, 0.15) is 11.1 Å². The van der Waals surface area contributed by atoms with Gasteiger partial charge in [0.15, 0.2) is 0 Å². The first-order valence-corrected chi connectivity index (χ1v) is 4.71. The van der Waals surface area contributed by atoms with Crippen LogP contribution >= 0.6 is 12.2 Å². The summed E-state index contributed by atoms with van der Waals surface area (Å²) in [5.41, 5.74) is 3.41. The van der Waals surface area contributed by atoms with Gasteiger partial charge in [0.05, 0.1) is 0 Å². The highest BCUT2D eigenvalue weighted by molar-refractivity contribution is 7.71. The van der Waals surface area contributed by atoms with E-state index in [1.54, 1.807) is 0 Å². The number of H-pyrrole nitrogens is 1. The molecule has 0 saturated heterocycles. The molecular formula is C10H10N2OS. The van der Waals surface area contributed by atoms with Gasteiger partial charge in [-0.3, -0.25) is 0 Å². The van der Waals surface area contributed by atoms with E-state index in [0.29, 0.717) is 10.7 Å². The Hall–Kier alpha value is -1.42. The molecule has 0 aliphatic carbocycles. The van der Waals surface area contributed by atoms with Crippen LogP contribution in [0.2, 0.25) is 0 Å². The van der Waals surface area contributed by atoms with E-state index < -0.39 is 0 Å². The molecule has 0 bridgehead atoms. The highest BCUT2D eigenvalue weighted by Gasteiger charge is 2.04. The first kappa shape index (κ1) is 9.15. The Bertz CT molecular complexity index is 513. The summed E-state index contributed by atoms with van der Waals surface area (Å²) in [7, 11) is 0. The molecule has 2 aromatic rings. The summed E-state index contributed by atoms with van der Waals surface area (Å²) in [5, 5.41) is 6.56. The van der Waals surface area contributed by atoms with Crippen LogP contribution in [-0.4, -0.2) is 10.2 Å². The van der Waals surface area contributed by atoms with Gasteiger partial charge in [-0.05, 0) is 49.3 Å². The van der Waals surface area contributed by atoms with Crippen molar-refractivity contribution in [2.75, 3.05) is 0 Å². The van der Waals surface area contributed by atoms with Crippen molar-refractivity contribution in [2.24, 2.45) is 0 Å². The van der Waals surface area contributed by atoms with Crippen LogP contribution in [0.4, 0.5) is 0 Å². The molecule has 1 heterocycles. The Labute approximate surface area is 86.8 Å². The van der Waals surface area contributed by atoms with Gasteiger partial charge in [0.1, 0.15) is 0 Å². The second-order valence-electron chi connectivity index (χ2n) is 3.22. The summed E-state index contributed by atoms with van der Waals surface area (Å²) in [6, 6.07) is 6.04. The van der Waals surface area contributed by atoms with Gasteiger partial charge in [0.2, 0.25) is 5.89 Å². The number of aromatic amines is 1. The number of nitrogens with one attached hydrogen (secondary N) is 1. The number of hydrogen-bond acceptors (Lipinski definition) is 3. The molecule has 0 aliphatic heterocycles. The minimum Gasteiger partial charge on any atom is -0.409 e. The number of benzene rings is 1. The molecule has 72 valence electrons. The molecule has 4 heteroatoms. The van der Waals surface area contributed by atoms with Gasteiger partial charge >= 0.3 is 0 Å². The Morgan fingerprint density at radius 1 is 1.29 bits per heavy atom. The lowest BCUT2D eigenvalue weighted by atomic mass is 10.1. The molecule has 0 amide bonds. The number of aromatic nitrogens is 2. The molecule has 0 spiro atoms. The summed E-state index contributed by atoms with van der Waals surface area (Å²) in [4.78, 5) is 0.304. The lowest BCUT2D eigenvalue weighted by Gasteiger charge is -2.00. The third-order valence-corrected chi connectivity index (χ3v) is 2.37. The van der Waals surface area contributed by atoms with Gasteiger partial charge in [-0.1, -0.05) is 6.07 Å². The van der Waals surface area contributed by atoms with Gasteiger partial charge in [0.25, 0.3) is 4.84 Å². The molecule has 0 radical (unpaired) electrons. The minimum absolute atomic E-state index is 0.304. The normalized spacial score (nSPS) is 10.4. The first-order chi connectivity index (χ1) is 6.66. The maximum Gasteiger partial charge on any atom is 0.284 e. The maximum absolute atomic E-state index is 5.21. The molecular weight excluding hydrogens is 196 g/mol. The summed E-state index contributed by atoms with van der Waals surface area (Å²) in [6.45, 7) is 4.12. The van der Waals surface area contributed by atoms with Gasteiger partial charge < -0.3 is 4.42 Å². The van der Waals surface area contributed by atoms with Gasteiger partial charge in [-0.2, -0.15) is 0 Å². The average molecular weight is 206 g/mol. The third-order valence-electron chi connectivity index (χ3n) is 2.19. The van der Waals surface area contributed by atoms with Crippen molar-refractivity contribution in [3.05, 3.63) is 34.2 Å². The van der Waals surface area contributed by atoms with Crippen LogP contribution in [0.25, 0.3) is 11.5 Å². The summed E-state index contributed by atoms with van der Waals surface area (Å²) < 4.78 is 5.21. The van der Waals surface area contributed by atoms with Crippen LogP contribution in [0.3, 0.4) is 0 Å². The fourth-order valence-corrected chi connectivity index (χ4v) is 1.35. The van der Waals surface area contributed by atoms with E-state index in [0.717, 1.165) is 5.56 Å². The standard InChI is InChI=1S/C10H10N2OS/c1-6-3-4-8(5-7(6)2)9-11-12-10(14)13-9/h3-5H,1-2H3,(H,12,14). The first-order valence-electron chi connectivity index (χ1n) is 4.30. The number of aryl methyl sites for hydroxylation is 2. The van der Waals surface area contributed by atoms with Crippen LogP contribution in [-0.2, 0) is 0 Å². The SMILES string of the molecule is Cc1ccc(-c2n[nH]c(=S)o2)cc1C. The van der Waals surface area contributed by atoms with E-state index in [4.69, 9.17) is 16.6 Å². The molecule has 1 N–H and O–H groups in total. The monoisotopic (exact) mass is 206 g/mol. The Kier molecular flexibility index (Phi) is 2.21. The fourth-order valence-electron chi connectivity index (χ4n) is 1.23. The molecule has 2 rings (SSSR count). The highest BCUT2D eigenvalue weighted by atomic mass is 32.1. The average Bonchev–Trinajstić information content (AvgIpc) is 2.57. The quantitative estimate of drug-likeness (QED) is 0.729. The Morgan fingerprint density at radius 2 is 2.07 bits per heavy atom. The summed E-state index contributed by atoms with van der Waals surface area (Å²) in [5.74, 6) is 0.540. The van der Waals surface area contributed by atoms with Crippen molar-refractivity contribution in [3.63, 3.8) is 0 Å². The minimum atomic E-state index is 0.304. The van der Waals surface area contributed by atoms with Gasteiger partial charge in [0, 0.05) is 5.56 Å². The van der Waals surface area contributed by atoms with Crippen LogP contribution in [0.5, 0.6) is 0 Å². The van der Waals surface area contributed by atoms with Crippen LogP contribution in [0, 0.1) is 18.7 Å². The molecule has 0 fully saturated rings. The Morgan fingerprint density at radius 3 is 2.64 bits per heavy atom. The molecule has 0 saturated carbocycles. The number of nitrogens with zero attached hydrogens (tertiary/aromatic N) is 1. The zero-order valence-corrected chi connectivity index (χ0v) is 8.81. The fraction of sp³-hybridized carbons (Fsp3) is 0.200. The molecule has 3 nitrogen and oxygen atoms in total. The second-order valence-corrected chi connectivity index (χ2v) is 3.59. The molecule has 0 atom stereocenters.